The summed E-state index contributed by atoms with van der Waals surface area (Å²) >= 11 is 5.09. The van der Waals surface area contributed by atoms with E-state index in [0.29, 0.717) is 23.0 Å². The Kier molecular flexibility index (Phi) is 3.96. The molecule has 0 aromatic heterocycles. The Morgan fingerprint density at radius 2 is 2.05 bits per heavy atom. The molecular formula is C15H18N2O3S. The van der Waals surface area contributed by atoms with E-state index < -0.39 is 6.10 Å². The number of thiocarbonyl (C=S) groups is 1. The number of carbonyl (C=O) groups is 1. The highest BCUT2D eigenvalue weighted by Gasteiger charge is 2.36. The van der Waals surface area contributed by atoms with E-state index in [1.54, 1.807) is 11.0 Å². The second-order valence-electron chi connectivity index (χ2n) is 5.31. The Bertz CT molecular complexity index is 564. The molecule has 1 aromatic rings. The van der Waals surface area contributed by atoms with Crippen molar-refractivity contribution in [2.75, 3.05) is 13.2 Å². The van der Waals surface area contributed by atoms with Crippen LogP contribution in [0.25, 0.3) is 0 Å². The lowest BCUT2D eigenvalue weighted by molar-refractivity contribution is -0.143. The molecule has 2 N–H and O–H groups in total. The van der Waals surface area contributed by atoms with Gasteiger partial charge in [-0.3, -0.25) is 4.79 Å². The third-order valence-electron chi connectivity index (χ3n) is 3.90. The smallest absolute Gasteiger partial charge is 0.267 e. The van der Waals surface area contributed by atoms with Gasteiger partial charge in [-0.2, -0.15) is 0 Å². The summed E-state index contributed by atoms with van der Waals surface area (Å²) in [5.74, 6) is 1.18. The summed E-state index contributed by atoms with van der Waals surface area (Å²) in [6, 6.07) is 7.19. The molecule has 0 bridgehead atoms. The molecule has 0 saturated carbocycles. The summed E-state index contributed by atoms with van der Waals surface area (Å²) in [5, 5.41) is 0. The topological polar surface area (TPSA) is 64.8 Å². The van der Waals surface area contributed by atoms with Crippen LogP contribution in [-0.4, -0.2) is 41.1 Å². The van der Waals surface area contributed by atoms with Crippen molar-refractivity contribution < 1.29 is 14.3 Å². The molecule has 0 aliphatic carbocycles. The summed E-state index contributed by atoms with van der Waals surface area (Å²) in [6.07, 6.45) is 2.20. The van der Waals surface area contributed by atoms with Crippen molar-refractivity contribution in [2.45, 2.75) is 31.4 Å². The van der Waals surface area contributed by atoms with Crippen LogP contribution in [0.15, 0.2) is 24.3 Å². The zero-order chi connectivity index (χ0) is 14.8. The maximum absolute atomic E-state index is 12.7. The van der Waals surface area contributed by atoms with Crippen molar-refractivity contribution >= 4 is 23.1 Å². The number of piperidine rings is 1. The third-order valence-corrected chi connectivity index (χ3v) is 4.17. The maximum atomic E-state index is 12.7. The van der Waals surface area contributed by atoms with Gasteiger partial charge in [-0.25, -0.2) is 0 Å². The van der Waals surface area contributed by atoms with Gasteiger partial charge in [-0.15, -0.1) is 0 Å². The molecule has 2 aliphatic rings. The molecule has 2 unspecified atom stereocenters. The van der Waals surface area contributed by atoms with Crippen LogP contribution in [0.1, 0.15) is 19.3 Å². The average molecular weight is 306 g/mol. The third kappa shape index (κ3) is 2.81. The van der Waals surface area contributed by atoms with E-state index in [2.05, 4.69) is 0 Å². The first kappa shape index (κ1) is 14.1. The predicted octanol–water partition coefficient (Wildman–Crippen LogP) is 1.49. The molecule has 1 fully saturated rings. The monoisotopic (exact) mass is 306 g/mol. The van der Waals surface area contributed by atoms with Crippen molar-refractivity contribution in [3.05, 3.63) is 24.3 Å². The lowest BCUT2D eigenvalue weighted by Gasteiger charge is -2.38. The van der Waals surface area contributed by atoms with E-state index in [1.165, 1.54) is 0 Å². The zero-order valence-electron chi connectivity index (χ0n) is 11.7. The van der Waals surface area contributed by atoms with E-state index in [-0.39, 0.29) is 18.6 Å². The first-order valence-corrected chi connectivity index (χ1v) is 7.56. The van der Waals surface area contributed by atoms with Gasteiger partial charge >= 0.3 is 0 Å². The highest BCUT2D eigenvalue weighted by Crippen LogP contribution is 2.32. The molecular weight excluding hydrogens is 288 g/mol. The van der Waals surface area contributed by atoms with E-state index in [0.717, 1.165) is 19.3 Å². The minimum absolute atomic E-state index is 0.0954. The van der Waals surface area contributed by atoms with Crippen LogP contribution < -0.4 is 15.2 Å². The Morgan fingerprint density at radius 3 is 2.81 bits per heavy atom. The van der Waals surface area contributed by atoms with Gasteiger partial charge in [0.05, 0.1) is 11.0 Å². The summed E-state index contributed by atoms with van der Waals surface area (Å²) < 4.78 is 11.4. The van der Waals surface area contributed by atoms with Gasteiger partial charge in [-0.05, 0) is 31.4 Å². The molecule has 6 heteroatoms. The Balaban J connectivity index is 1.75. The molecule has 1 aromatic carbocycles. The van der Waals surface area contributed by atoms with Gasteiger partial charge in [0.2, 0.25) is 6.10 Å². The fourth-order valence-electron chi connectivity index (χ4n) is 2.82. The van der Waals surface area contributed by atoms with Crippen molar-refractivity contribution in [1.29, 1.82) is 0 Å². The highest BCUT2D eigenvalue weighted by atomic mass is 32.1. The van der Waals surface area contributed by atoms with Gasteiger partial charge in [0.1, 0.15) is 6.61 Å². The maximum Gasteiger partial charge on any atom is 0.267 e. The number of benzene rings is 1. The molecule has 1 amide bonds. The van der Waals surface area contributed by atoms with E-state index >= 15 is 0 Å². The average Bonchev–Trinajstić information content (AvgIpc) is 2.53. The number of hydrogen-bond donors (Lipinski definition) is 1. The number of nitrogens with zero attached hydrogens (tertiary/aromatic N) is 1. The van der Waals surface area contributed by atoms with Crippen LogP contribution in [0.5, 0.6) is 11.5 Å². The molecule has 3 rings (SSSR count). The molecule has 2 aliphatic heterocycles. The number of fused-ring (bicyclic) bond motifs is 1. The second-order valence-corrected chi connectivity index (χ2v) is 5.78. The van der Waals surface area contributed by atoms with Crippen LogP contribution in [0, 0.1) is 0 Å². The van der Waals surface area contributed by atoms with E-state index in [4.69, 9.17) is 27.4 Å². The number of rotatable bonds is 2. The molecule has 1 saturated heterocycles. The van der Waals surface area contributed by atoms with Crippen molar-refractivity contribution in [3.63, 3.8) is 0 Å². The molecule has 21 heavy (non-hydrogen) atoms. The molecule has 0 radical (unpaired) electrons. The minimum Gasteiger partial charge on any atom is -0.485 e. The van der Waals surface area contributed by atoms with Gasteiger partial charge in [0.25, 0.3) is 5.91 Å². The standard InChI is InChI=1S/C15H18N2O3S/c16-14(21)10-5-3-4-8-17(10)15(18)13-9-19-11-6-1-2-7-12(11)20-13/h1-2,6-7,10,13H,3-5,8-9H2,(H2,16,21). The van der Waals surface area contributed by atoms with Crippen LogP contribution in [0.2, 0.25) is 0 Å². The quantitative estimate of drug-likeness (QED) is 0.839. The van der Waals surface area contributed by atoms with Crippen molar-refractivity contribution in [1.82, 2.24) is 4.90 Å². The summed E-state index contributed by atoms with van der Waals surface area (Å²) in [5.41, 5.74) is 5.77. The van der Waals surface area contributed by atoms with Crippen LogP contribution >= 0.6 is 12.2 Å². The van der Waals surface area contributed by atoms with Crippen molar-refractivity contribution in [2.24, 2.45) is 5.73 Å². The SMILES string of the molecule is NC(=S)C1CCCCN1C(=O)C1COc2ccccc2O1. The summed E-state index contributed by atoms with van der Waals surface area (Å²) in [7, 11) is 0. The number of para-hydroxylation sites is 2. The lowest BCUT2D eigenvalue weighted by Crippen LogP contribution is -2.55. The van der Waals surface area contributed by atoms with Crippen LogP contribution in [-0.2, 0) is 4.79 Å². The second kappa shape index (κ2) is 5.89. The number of ether oxygens (including phenoxy) is 2. The van der Waals surface area contributed by atoms with E-state index in [1.807, 2.05) is 18.2 Å². The van der Waals surface area contributed by atoms with Crippen molar-refractivity contribution in [3.8, 4) is 11.5 Å². The van der Waals surface area contributed by atoms with Gasteiger partial charge < -0.3 is 20.1 Å². The number of nitrogens with two attached hydrogens (primary N) is 1. The van der Waals surface area contributed by atoms with Gasteiger partial charge in [0.15, 0.2) is 11.5 Å². The normalized spacial score (nSPS) is 24.5. The largest absolute Gasteiger partial charge is 0.485 e. The number of carbonyl (C=O) groups excluding carboxylic acids is 1. The molecule has 112 valence electrons. The van der Waals surface area contributed by atoms with Gasteiger partial charge in [-0.1, -0.05) is 24.4 Å². The molecule has 2 heterocycles. The first-order valence-electron chi connectivity index (χ1n) is 7.15. The van der Waals surface area contributed by atoms with E-state index in [9.17, 15) is 4.79 Å². The molecule has 2 atom stereocenters. The van der Waals surface area contributed by atoms with Crippen LogP contribution in [0.4, 0.5) is 0 Å². The summed E-state index contributed by atoms with van der Waals surface area (Å²) in [6.45, 7) is 0.888. The number of hydrogen-bond acceptors (Lipinski definition) is 4. The predicted molar refractivity (Wildman–Crippen MR) is 82.5 cm³/mol. The van der Waals surface area contributed by atoms with Gasteiger partial charge in [0, 0.05) is 6.54 Å². The lowest BCUT2D eigenvalue weighted by atomic mass is 10.0. The number of amides is 1. The molecule has 5 nitrogen and oxygen atoms in total. The fraction of sp³-hybridized carbons (Fsp3) is 0.467. The highest BCUT2D eigenvalue weighted by molar-refractivity contribution is 7.80. The molecule has 0 spiro atoms. The Hall–Kier alpha value is -1.82. The first-order chi connectivity index (χ1) is 10.2. The minimum atomic E-state index is -0.630. The van der Waals surface area contributed by atoms with Crippen LogP contribution in [0.3, 0.4) is 0 Å². The number of likely N-dealkylation sites (tertiary alicyclic amines) is 1. The fourth-order valence-corrected chi connectivity index (χ4v) is 3.06. The Morgan fingerprint density at radius 1 is 1.29 bits per heavy atom. The summed E-state index contributed by atoms with van der Waals surface area (Å²) in [4.78, 5) is 14.8. The zero-order valence-corrected chi connectivity index (χ0v) is 12.5. The Labute approximate surface area is 129 Å².